The summed E-state index contributed by atoms with van der Waals surface area (Å²) in [5.41, 5.74) is 6.71. The van der Waals surface area contributed by atoms with E-state index in [0.717, 1.165) is 5.56 Å². The minimum atomic E-state index is -1.23. The summed E-state index contributed by atoms with van der Waals surface area (Å²) >= 11 is 0. The lowest BCUT2D eigenvalue weighted by Crippen LogP contribution is -2.48. The van der Waals surface area contributed by atoms with E-state index in [0.29, 0.717) is 31.4 Å². The molecule has 39 heavy (non-hydrogen) atoms. The monoisotopic (exact) mass is 542 g/mol. The average Bonchev–Trinajstić information content (AvgIpc) is 2.92. The fourth-order valence-corrected chi connectivity index (χ4v) is 3.84. The summed E-state index contributed by atoms with van der Waals surface area (Å²) in [4.78, 5) is 59.3. The molecule has 0 unspecified atom stereocenters. The van der Waals surface area contributed by atoms with Gasteiger partial charge in [0.15, 0.2) is 0 Å². The van der Waals surface area contributed by atoms with Gasteiger partial charge >= 0.3 is 12.1 Å². The van der Waals surface area contributed by atoms with E-state index in [-0.39, 0.29) is 31.7 Å². The molecule has 0 bridgehead atoms. The molecule has 0 saturated carbocycles. The maximum atomic E-state index is 12.6. The van der Waals surface area contributed by atoms with Gasteiger partial charge in [-0.25, -0.2) is 4.79 Å². The summed E-state index contributed by atoms with van der Waals surface area (Å²) in [6.07, 6.45) is 1.03. The molecule has 0 heterocycles. The van der Waals surface area contributed by atoms with E-state index < -0.39 is 40.8 Å². The zero-order chi connectivity index (χ0) is 28.6. The van der Waals surface area contributed by atoms with Crippen LogP contribution in [0.15, 0.2) is 54.6 Å². The van der Waals surface area contributed by atoms with Gasteiger partial charge in [-0.3, -0.25) is 24.5 Å². The van der Waals surface area contributed by atoms with Crippen molar-refractivity contribution in [2.75, 3.05) is 13.2 Å². The molecule has 0 spiro atoms. The Labute approximate surface area is 226 Å². The van der Waals surface area contributed by atoms with Gasteiger partial charge in [-0.05, 0) is 30.9 Å². The van der Waals surface area contributed by atoms with Crippen LogP contribution in [0, 0.1) is 10.1 Å². The van der Waals surface area contributed by atoms with Crippen LogP contribution in [0.25, 0.3) is 0 Å². The second-order valence-electron chi connectivity index (χ2n) is 8.71. The Balaban J connectivity index is 1.84. The summed E-state index contributed by atoms with van der Waals surface area (Å²) in [5, 5.41) is 16.2. The van der Waals surface area contributed by atoms with Crippen LogP contribution in [0.2, 0.25) is 0 Å². The maximum Gasteiger partial charge on any atom is 0.407 e. The Hall–Kier alpha value is -4.48. The highest BCUT2D eigenvalue weighted by Crippen LogP contribution is 2.27. The van der Waals surface area contributed by atoms with Crippen LogP contribution >= 0.6 is 0 Å². The molecule has 3 amide bonds. The number of nitro groups is 1. The van der Waals surface area contributed by atoms with Gasteiger partial charge < -0.3 is 25.8 Å². The molecule has 12 nitrogen and oxygen atoms in total. The Bertz CT molecular complexity index is 1110. The number of rotatable bonds is 16. The Kier molecular flexibility index (Phi) is 12.9. The van der Waals surface area contributed by atoms with Gasteiger partial charge in [0, 0.05) is 31.0 Å². The second-order valence-corrected chi connectivity index (χ2v) is 8.71. The first-order chi connectivity index (χ1) is 18.7. The third kappa shape index (κ3) is 11.2. The van der Waals surface area contributed by atoms with Gasteiger partial charge in [-0.1, -0.05) is 48.9 Å². The Morgan fingerprint density at radius 3 is 2.28 bits per heavy atom. The Morgan fingerprint density at radius 2 is 1.67 bits per heavy atom. The first-order valence-corrected chi connectivity index (χ1v) is 12.6. The molecule has 2 rings (SSSR count). The normalized spacial score (nSPS) is 12.0. The largest absolute Gasteiger partial charge is 0.466 e. The molecular weight excluding hydrogens is 508 g/mol. The lowest BCUT2D eigenvalue weighted by molar-refractivity contribution is -0.384. The van der Waals surface area contributed by atoms with Gasteiger partial charge in [0.05, 0.1) is 18.0 Å². The third-order valence-electron chi connectivity index (χ3n) is 5.81. The fourth-order valence-electron chi connectivity index (χ4n) is 3.84. The molecule has 210 valence electrons. The molecule has 0 aromatic heterocycles. The highest BCUT2D eigenvalue weighted by molar-refractivity contribution is 5.88. The zero-order valence-corrected chi connectivity index (χ0v) is 21.8. The zero-order valence-electron chi connectivity index (χ0n) is 21.8. The third-order valence-corrected chi connectivity index (χ3v) is 5.81. The first-order valence-electron chi connectivity index (χ1n) is 12.6. The van der Waals surface area contributed by atoms with Crippen molar-refractivity contribution in [1.29, 1.82) is 0 Å². The van der Waals surface area contributed by atoms with Gasteiger partial charge in [-0.15, -0.1) is 0 Å². The molecule has 4 N–H and O–H groups in total. The van der Waals surface area contributed by atoms with Crippen molar-refractivity contribution in [3.8, 4) is 0 Å². The van der Waals surface area contributed by atoms with Gasteiger partial charge in [0.1, 0.15) is 12.6 Å². The molecule has 0 aliphatic carbocycles. The molecular formula is C27H34N4O8. The number of primary amides is 1. The van der Waals surface area contributed by atoms with Crippen LogP contribution in [0.4, 0.5) is 10.5 Å². The van der Waals surface area contributed by atoms with E-state index in [4.69, 9.17) is 15.2 Å². The lowest BCUT2D eigenvalue weighted by Gasteiger charge is -2.25. The van der Waals surface area contributed by atoms with E-state index in [1.807, 2.05) is 30.3 Å². The van der Waals surface area contributed by atoms with Crippen LogP contribution in [-0.2, 0) is 30.5 Å². The predicted octanol–water partition coefficient (Wildman–Crippen LogP) is 3.09. The highest BCUT2D eigenvalue weighted by Gasteiger charge is 2.32. The minimum Gasteiger partial charge on any atom is -0.466 e. The fraction of sp³-hybridized carbons (Fsp3) is 0.407. The van der Waals surface area contributed by atoms with Crippen molar-refractivity contribution in [3.05, 3.63) is 75.8 Å². The number of hydrogen-bond acceptors (Lipinski definition) is 8. The van der Waals surface area contributed by atoms with Crippen molar-refractivity contribution < 1.29 is 33.6 Å². The molecule has 0 fully saturated rings. The van der Waals surface area contributed by atoms with Crippen LogP contribution in [0.1, 0.15) is 56.1 Å². The topological polar surface area (TPSA) is 180 Å². The number of amides is 3. The van der Waals surface area contributed by atoms with Gasteiger partial charge in [-0.2, -0.15) is 0 Å². The summed E-state index contributed by atoms with van der Waals surface area (Å²) < 4.78 is 10.1. The standard InChI is InChI=1S/C27H34N4O8/c1-2-38-24(33)17-22(20-12-14-21(15-13-20)31(36)37)25(26(28)34)30-23(32)11-7-4-8-16-29-27(35)39-18-19-9-5-3-6-10-19/h3,5-6,9-10,12-15,22,25H,2,4,7-8,11,16-18H2,1H3,(H2,28,34)(H,29,35)(H,30,32)/t22-,25-/m0/s1. The highest BCUT2D eigenvalue weighted by atomic mass is 16.6. The van der Waals surface area contributed by atoms with E-state index >= 15 is 0 Å². The number of alkyl carbamates (subject to hydrolysis) is 1. The van der Waals surface area contributed by atoms with Crippen LogP contribution < -0.4 is 16.4 Å². The summed E-state index contributed by atoms with van der Waals surface area (Å²) in [7, 11) is 0. The first kappa shape index (κ1) is 30.7. The maximum absolute atomic E-state index is 12.6. The van der Waals surface area contributed by atoms with Crippen molar-refractivity contribution in [3.63, 3.8) is 0 Å². The second kappa shape index (κ2) is 16.4. The number of nitrogens with one attached hydrogen (secondary N) is 2. The molecule has 0 saturated heterocycles. The number of esters is 1. The summed E-state index contributed by atoms with van der Waals surface area (Å²) in [5.74, 6) is -2.77. The molecule has 2 aromatic carbocycles. The summed E-state index contributed by atoms with van der Waals surface area (Å²) in [6, 6.07) is 13.4. The number of ether oxygens (including phenoxy) is 2. The molecule has 0 radical (unpaired) electrons. The molecule has 0 aliphatic heterocycles. The number of nitrogens with zero attached hydrogens (tertiary/aromatic N) is 1. The summed E-state index contributed by atoms with van der Waals surface area (Å²) in [6.45, 7) is 2.31. The van der Waals surface area contributed by atoms with Crippen molar-refractivity contribution in [2.45, 2.75) is 57.6 Å². The van der Waals surface area contributed by atoms with Crippen molar-refractivity contribution in [1.82, 2.24) is 10.6 Å². The number of non-ortho nitro benzene ring substituents is 1. The van der Waals surface area contributed by atoms with Crippen LogP contribution in [-0.4, -0.2) is 48.0 Å². The number of unbranched alkanes of at least 4 members (excludes halogenated alkanes) is 2. The van der Waals surface area contributed by atoms with Crippen LogP contribution in [0.5, 0.6) is 0 Å². The molecule has 0 aliphatic rings. The number of benzene rings is 2. The quantitative estimate of drug-likeness (QED) is 0.125. The number of nitro benzene ring substituents is 1. The smallest absolute Gasteiger partial charge is 0.407 e. The predicted molar refractivity (Wildman–Crippen MR) is 141 cm³/mol. The van der Waals surface area contributed by atoms with Gasteiger partial charge in [0.25, 0.3) is 5.69 Å². The van der Waals surface area contributed by atoms with E-state index in [9.17, 15) is 29.3 Å². The SMILES string of the molecule is CCOC(=O)C[C@@H](c1ccc([N+](=O)[O-])cc1)[C@H](NC(=O)CCCCCNC(=O)OCc1ccccc1)C(N)=O. The van der Waals surface area contributed by atoms with E-state index in [2.05, 4.69) is 10.6 Å². The lowest BCUT2D eigenvalue weighted by atomic mass is 9.87. The van der Waals surface area contributed by atoms with Gasteiger partial charge in [0.2, 0.25) is 11.8 Å². The number of carbonyl (C=O) groups excluding carboxylic acids is 4. The number of hydrogen-bond donors (Lipinski definition) is 3. The number of carbonyl (C=O) groups is 4. The van der Waals surface area contributed by atoms with Crippen LogP contribution in [0.3, 0.4) is 0 Å². The molecule has 2 aromatic rings. The number of nitrogens with two attached hydrogens (primary N) is 1. The van der Waals surface area contributed by atoms with E-state index in [1.165, 1.54) is 24.3 Å². The minimum absolute atomic E-state index is 0.0919. The van der Waals surface area contributed by atoms with Crippen molar-refractivity contribution >= 4 is 29.6 Å². The average molecular weight is 543 g/mol. The molecule has 2 atom stereocenters. The molecule has 12 heteroatoms. The Morgan fingerprint density at radius 1 is 0.974 bits per heavy atom. The van der Waals surface area contributed by atoms with Crippen molar-refractivity contribution in [2.24, 2.45) is 5.73 Å². The van der Waals surface area contributed by atoms with E-state index in [1.54, 1.807) is 6.92 Å².